The van der Waals surface area contributed by atoms with Gasteiger partial charge in [-0.15, -0.1) is 0 Å². The number of pyridine rings is 1. The number of aromatic nitrogens is 1. The van der Waals surface area contributed by atoms with Crippen LogP contribution < -0.4 is 5.73 Å². The summed E-state index contributed by atoms with van der Waals surface area (Å²) in [5.41, 5.74) is 5.75. The monoisotopic (exact) mass is 419 g/mol. The van der Waals surface area contributed by atoms with Gasteiger partial charge in [0.05, 0.1) is 9.37 Å². The molecular formula is C12H8Br2FN3OS. The maximum atomic E-state index is 14.2. The van der Waals surface area contributed by atoms with Crippen LogP contribution in [0.5, 0.6) is 0 Å². The molecule has 2 rings (SSSR count). The van der Waals surface area contributed by atoms with Crippen LogP contribution in [0.4, 0.5) is 4.39 Å². The van der Waals surface area contributed by atoms with Gasteiger partial charge in [-0.3, -0.25) is 0 Å². The molecule has 3 N–H and O–H groups in total. The molecule has 1 aromatic heterocycles. The number of rotatable bonds is 3. The first-order valence-electron chi connectivity index (χ1n) is 5.28. The summed E-state index contributed by atoms with van der Waals surface area (Å²) in [7, 11) is 0. The van der Waals surface area contributed by atoms with Gasteiger partial charge >= 0.3 is 0 Å². The minimum Gasteiger partial charge on any atom is -0.409 e. The Morgan fingerprint density at radius 3 is 2.65 bits per heavy atom. The van der Waals surface area contributed by atoms with Gasteiger partial charge in [-0.2, -0.15) is 0 Å². The standard InChI is InChI=1S/C12H8Br2FN3OS/c13-6-1-4-9(17-5-6)20-8-3-2-7(12(16)18-19)10(14)11(8)15/h1-5,19H,(H2,16,18). The average molecular weight is 421 g/mol. The molecule has 0 unspecified atom stereocenters. The highest BCUT2D eigenvalue weighted by Crippen LogP contribution is 2.33. The summed E-state index contributed by atoms with van der Waals surface area (Å²) >= 11 is 7.58. The van der Waals surface area contributed by atoms with Crippen molar-refractivity contribution >= 4 is 49.5 Å². The van der Waals surface area contributed by atoms with E-state index in [0.717, 1.165) is 4.47 Å². The Bertz CT molecular complexity index is 664. The van der Waals surface area contributed by atoms with Gasteiger partial charge in [-0.1, -0.05) is 16.9 Å². The molecule has 0 aliphatic heterocycles. The van der Waals surface area contributed by atoms with Gasteiger partial charge in [0.15, 0.2) is 11.7 Å². The quantitative estimate of drug-likeness (QED) is 0.341. The zero-order chi connectivity index (χ0) is 14.7. The van der Waals surface area contributed by atoms with Gasteiger partial charge in [0.2, 0.25) is 0 Å². The fourth-order valence-electron chi connectivity index (χ4n) is 1.40. The number of hydrogen-bond donors (Lipinski definition) is 2. The smallest absolute Gasteiger partial charge is 0.171 e. The Morgan fingerprint density at radius 2 is 2.05 bits per heavy atom. The SMILES string of the molecule is N/C(=N/O)c1ccc(Sc2ccc(Br)cn2)c(F)c1Br. The molecule has 8 heteroatoms. The normalized spacial score (nSPS) is 11.7. The largest absolute Gasteiger partial charge is 0.409 e. The number of amidine groups is 1. The Hall–Kier alpha value is -1.12. The van der Waals surface area contributed by atoms with Crippen LogP contribution in [0.2, 0.25) is 0 Å². The first-order chi connectivity index (χ1) is 9.52. The van der Waals surface area contributed by atoms with Crippen LogP contribution in [0.25, 0.3) is 0 Å². The molecule has 104 valence electrons. The first-order valence-corrected chi connectivity index (χ1v) is 7.68. The highest BCUT2D eigenvalue weighted by atomic mass is 79.9. The van der Waals surface area contributed by atoms with Gasteiger partial charge in [-0.05, 0) is 56.1 Å². The molecule has 0 bridgehead atoms. The second-order valence-electron chi connectivity index (χ2n) is 3.64. The van der Waals surface area contributed by atoms with E-state index in [1.165, 1.54) is 11.8 Å². The molecule has 0 saturated carbocycles. The summed E-state index contributed by atoms with van der Waals surface area (Å²) in [5.74, 6) is -0.641. The Morgan fingerprint density at radius 1 is 1.30 bits per heavy atom. The van der Waals surface area contributed by atoms with E-state index in [1.807, 2.05) is 6.07 Å². The number of nitrogens with zero attached hydrogens (tertiary/aromatic N) is 2. The van der Waals surface area contributed by atoms with E-state index >= 15 is 0 Å². The molecular weight excluding hydrogens is 413 g/mol. The first kappa shape index (κ1) is 15.3. The minimum atomic E-state index is -0.483. The number of nitrogens with two attached hydrogens (primary N) is 1. The van der Waals surface area contributed by atoms with E-state index in [4.69, 9.17) is 10.9 Å². The fourth-order valence-corrected chi connectivity index (χ4v) is 3.11. The van der Waals surface area contributed by atoms with Crippen LogP contribution in [-0.2, 0) is 0 Å². The highest BCUT2D eigenvalue weighted by Gasteiger charge is 2.15. The molecule has 0 saturated heterocycles. The number of halogens is 3. The van der Waals surface area contributed by atoms with E-state index in [0.29, 0.717) is 9.92 Å². The molecule has 1 aromatic carbocycles. The van der Waals surface area contributed by atoms with Crippen molar-refractivity contribution < 1.29 is 9.60 Å². The van der Waals surface area contributed by atoms with Crippen LogP contribution in [0.3, 0.4) is 0 Å². The maximum absolute atomic E-state index is 14.2. The lowest BCUT2D eigenvalue weighted by atomic mass is 10.2. The molecule has 0 aliphatic rings. The van der Waals surface area contributed by atoms with Crippen molar-refractivity contribution in [1.82, 2.24) is 4.98 Å². The van der Waals surface area contributed by atoms with Gasteiger partial charge in [0.25, 0.3) is 0 Å². The highest BCUT2D eigenvalue weighted by molar-refractivity contribution is 9.10. The average Bonchev–Trinajstić information content (AvgIpc) is 2.45. The lowest BCUT2D eigenvalue weighted by Crippen LogP contribution is -2.14. The molecule has 0 amide bonds. The van der Waals surface area contributed by atoms with Crippen molar-refractivity contribution in [3.05, 3.63) is 50.8 Å². The van der Waals surface area contributed by atoms with Crippen molar-refractivity contribution in [2.24, 2.45) is 10.9 Å². The number of hydrogen-bond acceptors (Lipinski definition) is 4. The minimum absolute atomic E-state index is 0.148. The second-order valence-corrected chi connectivity index (χ2v) is 6.41. The third-order valence-corrected chi connectivity index (χ3v) is 4.58. The zero-order valence-corrected chi connectivity index (χ0v) is 13.8. The van der Waals surface area contributed by atoms with E-state index in [2.05, 4.69) is 42.0 Å². The molecule has 0 atom stereocenters. The van der Waals surface area contributed by atoms with Crippen molar-refractivity contribution in [1.29, 1.82) is 0 Å². The predicted molar refractivity (Wildman–Crippen MR) is 82.7 cm³/mol. The lowest BCUT2D eigenvalue weighted by Gasteiger charge is -2.08. The van der Waals surface area contributed by atoms with Crippen LogP contribution in [0, 0.1) is 5.82 Å². The summed E-state index contributed by atoms with van der Waals surface area (Å²) in [4.78, 5) is 4.55. The van der Waals surface area contributed by atoms with Crippen LogP contribution in [0.1, 0.15) is 5.56 Å². The molecule has 0 aliphatic carbocycles. The van der Waals surface area contributed by atoms with Crippen molar-refractivity contribution in [2.45, 2.75) is 9.92 Å². The summed E-state index contributed by atoms with van der Waals surface area (Å²) in [5, 5.41) is 12.2. The van der Waals surface area contributed by atoms with Crippen molar-refractivity contribution in [3.8, 4) is 0 Å². The van der Waals surface area contributed by atoms with Gasteiger partial charge < -0.3 is 10.9 Å². The molecule has 2 aromatic rings. The molecule has 1 heterocycles. The summed E-state index contributed by atoms with van der Waals surface area (Å²) in [6.07, 6.45) is 1.64. The number of benzene rings is 1. The summed E-state index contributed by atoms with van der Waals surface area (Å²) in [6, 6.07) is 6.73. The number of oxime groups is 1. The summed E-state index contributed by atoms with van der Waals surface area (Å²) < 4.78 is 15.2. The van der Waals surface area contributed by atoms with Crippen LogP contribution >= 0.6 is 43.6 Å². The van der Waals surface area contributed by atoms with Crippen LogP contribution in [0.15, 0.2) is 54.5 Å². The fraction of sp³-hybridized carbons (Fsp3) is 0. The zero-order valence-electron chi connectivity index (χ0n) is 9.85. The Balaban J connectivity index is 2.34. The molecule has 20 heavy (non-hydrogen) atoms. The van der Waals surface area contributed by atoms with E-state index in [1.54, 1.807) is 24.4 Å². The second kappa shape index (κ2) is 6.55. The lowest BCUT2D eigenvalue weighted by molar-refractivity contribution is 0.318. The van der Waals surface area contributed by atoms with Crippen molar-refractivity contribution in [2.75, 3.05) is 0 Å². The molecule has 0 radical (unpaired) electrons. The third kappa shape index (κ3) is 3.31. The maximum Gasteiger partial charge on any atom is 0.171 e. The van der Waals surface area contributed by atoms with E-state index < -0.39 is 5.82 Å². The van der Waals surface area contributed by atoms with Crippen LogP contribution in [-0.4, -0.2) is 16.0 Å². The third-order valence-electron chi connectivity index (χ3n) is 2.35. The van der Waals surface area contributed by atoms with E-state index in [9.17, 15) is 4.39 Å². The van der Waals surface area contributed by atoms with Crippen molar-refractivity contribution in [3.63, 3.8) is 0 Å². The van der Waals surface area contributed by atoms with Gasteiger partial charge in [-0.25, -0.2) is 9.37 Å². The van der Waals surface area contributed by atoms with Gasteiger partial charge in [0.1, 0.15) is 5.03 Å². The molecule has 0 spiro atoms. The predicted octanol–water partition coefficient (Wildman–Crippen LogP) is 3.99. The topological polar surface area (TPSA) is 71.5 Å². The van der Waals surface area contributed by atoms with Gasteiger partial charge in [0, 0.05) is 16.2 Å². The Kier molecular flexibility index (Phi) is 5.00. The Labute approximate surface area is 135 Å². The molecule has 0 fully saturated rings. The van der Waals surface area contributed by atoms with E-state index in [-0.39, 0.29) is 15.9 Å². The molecule has 4 nitrogen and oxygen atoms in total. The summed E-state index contributed by atoms with van der Waals surface area (Å²) in [6.45, 7) is 0.